The van der Waals surface area contributed by atoms with Crippen LogP contribution in [0, 0.1) is 5.92 Å². The van der Waals surface area contributed by atoms with Crippen LogP contribution in [-0.2, 0) is 26.5 Å². The van der Waals surface area contributed by atoms with Gasteiger partial charge in [0.05, 0.1) is 21.5 Å². The first-order valence-electron chi connectivity index (χ1n) is 13.3. The lowest BCUT2D eigenvalue weighted by Crippen LogP contribution is -2.73. The molecule has 0 aromatic heterocycles. The highest BCUT2D eigenvalue weighted by atomic mass is 32.2. The smallest absolute Gasteiger partial charge is 0.254 e. The number of aromatic hydroxyl groups is 1. The number of ether oxygens (including phenoxy) is 1. The molecule has 1 spiro atoms. The van der Waals surface area contributed by atoms with Crippen LogP contribution in [0.15, 0.2) is 52.6 Å². The number of sulfone groups is 1. The first-order valence-corrected chi connectivity index (χ1v) is 15.2. The second kappa shape index (κ2) is 8.71. The van der Waals surface area contributed by atoms with Crippen LogP contribution in [0.2, 0.25) is 0 Å². The van der Waals surface area contributed by atoms with E-state index in [-0.39, 0.29) is 33.8 Å². The van der Waals surface area contributed by atoms with Gasteiger partial charge in [-0.15, -0.1) is 0 Å². The van der Waals surface area contributed by atoms with Crippen molar-refractivity contribution in [3.05, 3.63) is 58.9 Å². The number of piperidine rings is 1. The third-order valence-corrected chi connectivity index (χ3v) is 10.4. The van der Waals surface area contributed by atoms with E-state index >= 15 is 0 Å². The van der Waals surface area contributed by atoms with Crippen molar-refractivity contribution in [1.29, 1.82) is 0 Å². The molecule has 0 radical (unpaired) electrons. The highest BCUT2D eigenvalue weighted by Gasteiger charge is 2.69. The Morgan fingerprint density at radius 1 is 1.18 bits per heavy atom. The van der Waals surface area contributed by atoms with Gasteiger partial charge in [-0.1, -0.05) is 6.07 Å². The van der Waals surface area contributed by atoms with Gasteiger partial charge in [-0.2, -0.15) is 0 Å². The van der Waals surface area contributed by atoms with Crippen LogP contribution in [0.25, 0.3) is 0 Å². The SMILES string of the molecule is C/C(C(=O)Nc1ccc(S(C)(=O)=O)cc1)=C(/O)[C@@H]1Oc2c(O)ccc3c2[C@@]12CCN(CC1CC1)[C@H](C3)[C@@]2(C)O. The number of hydrogen-bond donors (Lipinski definition) is 4. The fourth-order valence-electron chi connectivity index (χ4n) is 6.90. The standard InChI is InChI=1S/C29H34N2O7S/c1-16(27(34)30-19-7-9-20(10-8-19)39(3,36)37)24(33)26-29-12-13-31(15-17-4-5-17)22(28(29,2)35)14-18-6-11-21(32)25(38-26)23(18)29/h6-11,17,22,26,32-33,35H,4-5,12-15H2,1-3H3,(H,30,34)/b24-16-/t22-,26+,28-,29+/m1/s1. The Kier molecular flexibility index (Phi) is 5.84. The van der Waals surface area contributed by atoms with E-state index < -0.39 is 32.9 Å². The molecule has 0 unspecified atom stereocenters. The molecule has 208 valence electrons. The van der Waals surface area contributed by atoms with Gasteiger partial charge < -0.3 is 25.4 Å². The van der Waals surface area contributed by atoms with Crippen molar-refractivity contribution in [1.82, 2.24) is 4.90 Å². The Morgan fingerprint density at radius 3 is 2.51 bits per heavy atom. The zero-order chi connectivity index (χ0) is 27.9. The van der Waals surface area contributed by atoms with Gasteiger partial charge in [0.15, 0.2) is 27.4 Å². The molecule has 9 nitrogen and oxygen atoms in total. The van der Waals surface area contributed by atoms with Crippen LogP contribution in [-0.4, -0.2) is 71.6 Å². The fourth-order valence-corrected chi connectivity index (χ4v) is 7.53. The number of aliphatic hydroxyl groups excluding tert-OH is 1. The van der Waals surface area contributed by atoms with Gasteiger partial charge in [0, 0.05) is 30.1 Å². The van der Waals surface area contributed by atoms with Gasteiger partial charge in [-0.3, -0.25) is 9.69 Å². The van der Waals surface area contributed by atoms with Crippen molar-refractivity contribution in [3.63, 3.8) is 0 Å². The van der Waals surface area contributed by atoms with Crippen LogP contribution in [0.3, 0.4) is 0 Å². The Balaban J connectivity index is 1.37. The second-order valence-electron chi connectivity index (χ2n) is 11.7. The number of carbonyl (C=O) groups is 1. The molecule has 1 saturated heterocycles. The quantitative estimate of drug-likeness (QED) is 0.316. The number of nitrogens with zero attached hydrogens (tertiary/aromatic N) is 1. The number of amides is 1. The monoisotopic (exact) mass is 554 g/mol. The number of rotatable bonds is 6. The van der Waals surface area contributed by atoms with E-state index in [2.05, 4.69) is 10.2 Å². The summed E-state index contributed by atoms with van der Waals surface area (Å²) in [5.74, 6) is -0.0568. The maximum Gasteiger partial charge on any atom is 0.254 e. The number of nitrogens with one attached hydrogen (secondary N) is 1. The minimum atomic E-state index is -3.38. The molecule has 2 aromatic carbocycles. The molecule has 39 heavy (non-hydrogen) atoms. The number of fused-ring (bicyclic) bond motifs is 1. The summed E-state index contributed by atoms with van der Waals surface area (Å²) in [5.41, 5.74) is -0.287. The van der Waals surface area contributed by atoms with Gasteiger partial charge in [0.2, 0.25) is 0 Å². The van der Waals surface area contributed by atoms with Crippen LogP contribution in [0.5, 0.6) is 11.5 Å². The number of anilines is 1. The third-order valence-electron chi connectivity index (χ3n) is 9.26. The van der Waals surface area contributed by atoms with Crippen molar-refractivity contribution in [2.75, 3.05) is 24.7 Å². The second-order valence-corrected chi connectivity index (χ2v) is 13.7. The summed E-state index contributed by atoms with van der Waals surface area (Å²) in [6.07, 6.45) is 3.53. The number of likely N-dealkylation sites (tertiary alicyclic amines) is 1. The average molecular weight is 555 g/mol. The molecular formula is C29H34N2O7S. The van der Waals surface area contributed by atoms with E-state index in [1.54, 1.807) is 13.0 Å². The Labute approximate surface area is 228 Å². The fraction of sp³-hybridized carbons (Fsp3) is 0.483. The molecule has 2 aromatic rings. The van der Waals surface area contributed by atoms with Crippen molar-refractivity contribution < 1.29 is 33.3 Å². The van der Waals surface area contributed by atoms with E-state index in [1.165, 1.54) is 44.0 Å². The summed E-state index contributed by atoms with van der Waals surface area (Å²) in [7, 11) is -3.38. The summed E-state index contributed by atoms with van der Waals surface area (Å²) < 4.78 is 29.8. The molecule has 1 saturated carbocycles. The minimum absolute atomic E-state index is 0.00810. The van der Waals surface area contributed by atoms with Gasteiger partial charge >= 0.3 is 0 Å². The number of aliphatic hydroxyl groups is 2. The first-order chi connectivity index (χ1) is 18.3. The molecule has 2 aliphatic carbocycles. The summed E-state index contributed by atoms with van der Waals surface area (Å²) in [6, 6.07) is 9.03. The van der Waals surface area contributed by atoms with Gasteiger partial charge in [-0.25, -0.2) is 8.42 Å². The van der Waals surface area contributed by atoms with Crippen molar-refractivity contribution >= 4 is 21.4 Å². The number of benzene rings is 2. The topological polar surface area (TPSA) is 136 Å². The van der Waals surface area contributed by atoms with Gasteiger partial charge in [0.1, 0.15) is 5.76 Å². The van der Waals surface area contributed by atoms with E-state index in [0.717, 1.165) is 23.9 Å². The highest BCUT2D eigenvalue weighted by molar-refractivity contribution is 7.90. The maximum atomic E-state index is 13.2. The minimum Gasteiger partial charge on any atom is -0.508 e. The van der Waals surface area contributed by atoms with Crippen molar-refractivity contribution in [2.45, 2.75) is 67.6 Å². The predicted octanol–water partition coefficient (Wildman–Crippen LogP) is 3.06. The number of phenols is 1. The zero-order valence-electron chi connectivity index (χ0n) is 22.3. The zero-order valence-corrected chi connectivity index (χ0v) is 23.1. The molecule has 4 aliphatic rings. The Morgan fingerprint density at radius 2 is 1.87 bits per heavy atom. The van der Waals surface area contributed by atoms with Crippen LogP contribution in [0.1, 0.15) is 44.2 Å². The lowest BCUT2D eigenvalue weighted by molar-refractivity contribution is -0.153. The molecule has 2 fully saturated rings. The summed E-state index contributed by atoms with van der Waals surface area (Å²) in [6.45, 7) is 4.90. The molecule has 4 N–H and O–H groups in total. The molecule has 4 atom stereocenters. The normalized spacial score (nSPS) is 30.3. The first kappa shape index (κ1) is 26.2. The predicted molar refractivity (Wildman–Crippen MR) is 145 cm³/mol. The molecule has 2 heterocycles. The van der Waals surface area contributed by atoms with Crippen molar-refractivity contribution in [2.24, 2.45) is 5.92 Å². The van der Waals surface area contributed by atoms with Crippen LogP contribution in [0.4, 0.5) is 5.69 Å². The van der Waals surface area contributed by atoms with Crippen LogP contribution >= 0.6 is 0 Å². The third kappa shape index (κ3) is 3.95. The van der Waals surface area contributed by atoms with E-state index in [4.69, 9.17) is 4.74 Å². The molecule has 6 rings (SSSR count). The number of carbonyl (C=O) groups excluding carboxylic acids is 1. The molecule has 2 bridgehead atoms. The van der Waals surface area contributed by atoms with Crippen LogP contribution < -0.4 is 10.1 Å². The van der Waals surface area contributed by atoms with E-state index in [1.807, 2.05) is 6.07 Å². The summed E-state index contributed by atoms with van der Waals surface area (Å²) in [4.78, 5) is 15.7. The lowest BCUT2D eigenvalue weighted by Gasteiger charge is -2.59. The molecule has 1 amide bonds. The van der Waals surface area contributed by atoms with Gasteiger partial charge in [0.25, 0.3) is 5.91 Å². The average Bonchev–Trinajstić information content (AvgIpc) is 3.62. The number of phenolic OH excluding ortho intramolecular Hbond substituents is 1. The summed E-state index contributed by atoms with van der Waals surface area (Å²) in [5, 5.41) is 37.2. The van der Waals surface area contributed by atoms with Gasteiger partial charge in [-0.05, 0) is 87.9 Å². The van der Waals surface area contributed by atoms with E-state index in [0.29, 0.717) is 31.0 Å². The highest BCUT2D eigenvalue weighted by Crippen LogP contribution is 2.63. The Hall–Kier alpha value is -3.08. The van der Waals surface area contributed by atoms with Crippen molar-refractivity contribution in [3.8, 4) is 11.5 Å². The Bertz CT molecular complexity index is 1490. The van der Waals surface area contributed by atoms with E-state index in [9.17, 15) is 28.5 Å². The largest absolute Gasteiger partial charge is 0.508 e. The maximum absolute atomic E-state index is 13.2. The molecular weight excluding hydrogens is 520 g/mol. The number of hydrogen-bond acceptors (Lipinski definition) is 8. The molecule has 2 aliphatic heterocycles. The summed E-state index contributed by atoms with van der Waals surface area (Å²) >= 11 is 0. The lowest BCUT2D eigenvalue weighted by atomic mass is 9.53. The molecule has 10 heteroatoms.